The van der Waals surface area contributed by atoms with Gasteiger partial charge in [0, 0.05) is 6.54 Å². The molecule has 1 atom stereocenters. The molecule has 0 aromatic rings. The molecule has 0 bridgehead atoms. The topological polar surface area (TPSA) is 72.6 Å². The van der Waals surface area contributed by atoms with Crippen LogP contribution in [0.3, 0.4) is 0 Å². The lowest BCUT2D eigenvalue weighted by Gasteiger charge is -2.26. The van der Waals surface area contributed by atoms with E-state index in [1.165, 1.54) is 4.90 Å². The highest BCUT2D eigenvalue weighted by molar-refractivity contribution is 5.85. The Morgan fingerprint density at radius 1 is 1.50 bits per heavy atom. The third-order valence-electron chi connectivity index (χ3n) is 2.21. The fourth-order valence-corrected chi connectivity index (χ4v) is 1.57. The van der Waals surface area contributed by atoms with E-state index in [0.29, 0.717) is 13.0 Å². The number of carbonyl (C=O) groups is 2. The lowest BCUT2D eigenvalue weighted by molar-refractivity contribution is -0.122. The number of nitrogens with two attached hydrogens (primary N) is 1. The summed E-state index contributed by atoms with van der Waals surface area (Å²) in [6.07, 6.45) is -0.0934. The SMILES string of the molecule is C=C1CC(C(N)=O)N(C(=O)OC(C)(C)C)C1. The van der Waals surface area contributed by atoms with Crippen molar-refractivity contribution in [1.82, 2.24) is 4.90 Å². The average molecular weight is 226 g/mol. The van der Waals surface area contributed by atoms with Crippen LogP contribution in [0.1, 0.15) is 27.2 Å². The molecule has 0 spiro atoms. The van der Waals surface area contributed by atoms with E-state index in [-0.39, 0.29) is 0 Å². The number of amides is 2. The van der Waals surface area contributed by atoms with Crippen LogP contribution >= 0.6 is 0 Å². The number of ether oxygens (including phenoxy) is 1. The zero-order valence-electron chi connectivity index (χ0n) is 9.95. The maximum Gasteiger partial charge on any atom is 0.411 e. The van der Waals surface area contributed by atoms with E-state index < -0.39 is 23.6 Å². The van der Waals surface area contributed by atoms with Crippen LogP contribution in [0.25, 0.3) is 0 Å². The van der Waals surface area contributed by atoms with Crippen LogP contribution in [0.2, 0.25) is 0 Å². The fourth-order valence-electron chi connectivity index (χ4n) is 1.57. The summed E-state index contributed by atoms with van der Waals surface area (Å²) < 4.78 is 5.19. The Kier molecular flexibility index (Phi) is 3.26. The fraction of sp³-hybridized carbons (Fsp3) is 0.636. The summed E-state index contributed by atoms with van der Waals surface area (Å²) in [5.41, 5.74) is 5.46. The van der Waals surface area contributed by atoms with Crippen LogP contribution < -0.4 is 5.73 Å². The number of likely N-dealkylation sites (tertiary alicyclic amines) is 1. The highest BCUT2D eigenvalue weighted by atomic mass is 16.6. The minimum atomic E-state index is -0.623. The molecule has 0 aromatic carbocycles. The Bertz CT molecular complexity index is 331. The molecular weight excluding hydrogens is 208 g/mol. The van der Waals surface area contributed by atoms with Gasteiger partial charge in [0.1, 0.15) is 11.6 Å². The van der Waals surface area contributed by atoms with Crippen LogP contribution in [0.4, 0.5) is 4.79 Å². The zero-order chi connectivity index (χ0) is 12.5. The molecule has 5 nitrogen and oxygen atoms in total. The summed E-state index contributed by atoms with van der Waals surface area (Å²) in [4.78, 5) is 24.3. The molecule has 1 rings (SSSR count). The molecule has 90 valence electrons. The first-order chi connectivity index (χ1) is 7.20. The monoisotopic (exact) mass is 226 g/mol. The maximum atomic E-state index is 11.8. The summed E-state index contributed by atoms with van der Waals surface area (Å²) in [5.74, 6) is -0.524. The minimum Gasteiger partial charge on any atom is -0.444 e. The molecule has 1 heterocycles. The number of rotatable bonds is 1. The molecule has 1 unspecified atom stereocenters. The molecule has 1 aliphatic rings. The molecule has 1 saturated heterocycles. The van der Waals surface area contributed by atoms with Gasteiger partial charge < -0.3 is 10.5 Å². The highest BCUT2D eigenvalue weighted by Crippen LogP contribution is 2.23. The van der Waals surface area contributed by atoms with Gasteiger partial charge in [-0.3, -0.25) is 9.69 Å². The van der Waals surface area contributed by atoms with Gasteiger partial charge in [0.2, 0.25) is 5.91 Å². The van der Waals surface area contributed by atoms with E-state index in [4.69, 9.17) is 10.5 Å². The second kappa shape index (κ2) is 4.15. The summed E-state index contributed by atoms with van der Waals surface area (Å²) >= 11 is 0. The normalized spacial score (nSPS) is 21.1. The van der Waals surface area contributed by atoms with Crippen LogP contribution in [0, 0.1) is 0 Å². The third-order valence-corrected chi connectivity index (χ3v) is 2.21. The molecular formula is C11H18N2O3. The lowest BCUT2D eigenvalue weighted by atomic mass is 10.2. The molecule has 2 N–H and O–H groups in total. The number of hydrogen-bond donors (Lipinski definition) is 1. The Labute approximate surface area is 95.2 Å². The molecule has 1 fully saturated rings. The highest BCUT2D eigenvalue weighted by Gasteiger charge is 2.37. The Morgan fingerprint density at radius 3 is 2.50 bits per heavy atom. The Balaban J connectivity index is 2.75. The summed E-state index contributed by atoms with van der Waals surface area (Å²) in [6.45, 7) is 9.41. The minimum absolute atomic E-state index is 0.336. The predicted molar refractivity (Wildman–Crippen MR) is 59.7 cm³/mol. The smallest absolute Gasteiger partial charge is 0.411 e. The van der Waals surface area contributed by atoms with Gasteiger partial charge in [-0.1, -0.05) is 12.2 Å². The average Bonchev–Trinajstić information content (AvgIpc) is 2.44. The van der Waals surface area contributed by atoms with Gasteiger partial charge in [-0.2, -0.15) is 0 Å². The summed E-state index contributed by atoms with van der Waals surface area (Å²) in [7, 11) is 0. The van der Waals surface area contributed by atoms with Gasteiger partial charge in [-0.05, 0) is 27.2 Å². The Morgan fingerprint density at radius 2 is 2.06 bits per heavy atom. The van der Waals surface area contributed by atoms with Crippen LogP contribution in [0.5, 0.6) is 0 Å². The standard InChI is InChI=1S/C11H18N2O3/c1-7-5-8(9(12)14)13(6-7)10(15)16-11(2,3)4/h8H,1,5-6H2,2-4H3,(H2,12,14). The van der Waals surface area contributed by atoms with E-state index in [1.54, 1.807) is 20.8 Å². The molecule has 0 radical (unpaired) electrons. The second-order valence-corrected chi connectivity index (χ2v) is 4.98. The van der Waals surface area contributed by atoms with Gasteiger partial charge in [0.05, 0.1) is 0 Å². The first-order valence-electron chi connectivity index (χ1n) is 5.16. The third kappa shape index (κ3) is 2.98. The van der Waals surface area contributed by atoms with Crippen molar-refractivity contribution in [1.29, 1.82) is 0 Å². The summed E-state index contributed by atoms with van der Waals surface area (Å²) in [5, 5.41) is 0. The van der Waals surface area contributed by atoms with Crippen molar-refractivity contribution in [3.63, 3.8) is 0 Å². The molecule has 2 amide bonds. The molecule has 0 aliphatic carbocycles. The van der Waals surface area contributed by atoms with Crippen molar-refractivity contribution in [3.8, 4) is 0 Å². The van der Waals surface area contributed by atoms with Gasteiger partial charge in [0.15, 0.2) is 0 Å². The van der Waals surface area contributed by atoms with Gasteiger partial charge in [0.25, 0.3) is 0 Å². The lowest BCUT2D eigenvalue weighted by Crippen LogP contribution is -2.45. The van der Waals surface area contributed by atoms with Crippen molar-refractivity contribution in [3.05, 3.63) is 12.2 Å². The van der Waals surface area contributed by atoms with Gasteiger partial charge >= 0.3 is 6.09 Å². The van der Waals surface area contributed by atoms with Crippen molar-refractivity contribution < 1.29 is 14.3 Å². The maximum absolute atomic E-state index is 11.8. The van der Waals surface area contributed by atoms with Crippen molar-refractivity contribution in [2.45, 2.75) is 38.8 Å². The molecule has 5 heteroatoms. The number of primary amides is 1. The molecule has 1 aliphatic heterocycles. The van der Waals surface area contributed by atoms with Gasteiger partial charge in [-0.15, -0.1) is 0 Å². The first kappa shape index (κ1) is 12.5. The number of nitrogens with zero attached hydrogens (tertiary/aromatic N) is 1. The van der Waals surface area contributed by atoms with Crippen molar-refractivity contribution >= 4 is 12.0 Å². The van der Waals surface area contributed by atoms with Crippen LogP contribution in [-0.4, -0.2) is 35.1 Å². The van der Waals surface area contributed by atoms with E-state index >= 15 is 0 Å². The second-order valence-electron chi connectivity index (χ2n) is 4.98. The Hall–Kier alpha value is -1.52. The first-order valence-corrected chi connectivity index (χ1v) is 5.16. The largest absolute Gasteiger partial charge is 0.444 e. The van der Waals surface area contributed by atoms with E-state index in [0.717, 1.165) is 5.57 Å². The molecule has 0 saturated carbocycles. The van der Waals surface area contributed by atoms with E-state index in [9.17, 15) is 9.59 Å². The van der Waals surface area contributed by atoms with Crippen molar-refractivity contribution in [2.75, 3.05) is 6.54 Å². The van der Waals surface area contributed by atoms with E-state index in [1.807, 2.05) is 0 Å². The predicted octanol–water partition coefficient (Wildman–Crippen LogP) is 1.04. The molecule has 0 aromatic heterocycles. The molecule has 16 heavy (non-hydrogen) atoms. The van der Waals surface area contributed by atoms with Gasteiger partial charge in [-0.25, -0.2) is 4.79 Å². The zero-order valence-corrected chi connectivity index (χ0v) is 9.95. The van der Waals surface area contributed by atoms with Crippen LogP contribution in [-0.2, 0) is 9.53 Å². The number of hydrogen-bond acceptors (Lipinski definition) is 3. The number of carbonyl (C=O) groups excluding carboxylic acids is 2. The van der Waals surface area contributed by atoms with Crippen molar-refractivity contribution in [2.24, 2.45) is 5.73 Å². The van der Waals surface area contributed by atoms with E-state index in [2.05, 4.69) is 6.58 Å². The quantitative estimate of drug-likeness (QED) is 0.679. The van der Waals surface area contributed by atoms with Crippen LogP contribution in [0.15, 0.2) is 12.2 Å². The summed E-state index contributed by atoms with van der Waals surface area (Å²) in [6, 6.07) is -0.623.